The van der Waals surface area contributed by atoms with E-state index >= 15 is 0 Å². The lowest BCUT2D eigenvalue weighted by Gasteiger charge is -2.43. The van der Waals surface area contributed by atoms with Crippen LogP contribution in [0.25, 0.3) is 0 Å². The monoisotopic (exact) mass is 351 g/mol. The highest BCUT2D eigenvalue weighted by atomic mass is 15.3. The van der Waals surface area contributed by atoms with Crippen molar-refractivity contribution in [1.82, 2.24) is 24.5 Å². The van der Waals surface area contributed by atoms with Gasteiger partial charge in [-0.25, -0.2) is 0 Å². The third kappa shape index (κ3) is 5.64. The molecule has 3 fully saturated rings. The molecule has 0 aromatic rings. The van der Waals surface area contributed by atoms with Crippen LogP contribution in [-0.4, -0.2) is 122 Å². The summed E-state index contributed by atoms with van der Waals surface area (Å²) in [5.41, 5.74) is 0. The molecule has 5 heteroatoms. The van der Waals surface area contributed by atoms with Crippen molar-refractivity contribution in [1.29, 1.82) is 0 Å². The normalized spacial score (nSPS) is 27.4. The average molecular weight is 352 g/mol. The minimum atomic E-state index is 0.709. The van der Waals surface area contributed by atoms with Gasteiger partial charge in [-0.1, -0.05) is 6.92 Å². The number of piperidine rings is 1. The lowest BCUT2D eigenvalue weighted by molar-refractivity contribution is 0.0538. The maximum Gasteiger partial charge on any atom is 0.0121 e. The highest BCUT2D eigenvalue weighted by molar-refractivity contribution is 4.84. The number of rotatable bonds is 6. The minimum absolute atomic E-state index is 0.709. The van der Waals surface area contributed by atoms with E-state index in [0.29, 0.717) is 6.04 Å². The molecule has 25 heavy (non-hydrogen) atoms. The van der Waals surface area contributed by atoms with Crippen LogP contribution in [0.1, 0.15) is 33.6 Å². The predicted octanol–water partition coefficient (Wildman–Crippen LogP) is 1.11. The van der Waals surface area contributed by atoms with Gasteiger partial charge in [0.05, 0.1) is 0 Å². The predicted molar refractivity (Wildman–Crippen MR) is 106 cm³/mol. The zero-order valence-electron chi connectivity index (χ0n) is 17.0. The third-order valence-corrected chi connectivity index (χ3v) is 6.80. The summed E-state index contributed by atoms with van der Waals surface area (Å²) in [4.78, 5) is 13.4. The van der Waals surface area contributed by atoms with E-state index in [1.807, 2.05) is 0 Å². The molecule has 0 unspecified atom stereocenters. The molecule has 5 nitrogen and oxygen atoms in total. The summed E-state index contributed by atoms with van der Waals surface area (Å²) < 4.78 is 0. The highest BCUT2D eigenvalue weighted by Crippen LogP contribution is 2.18. The van der Waals surface area contributed by atoms with Crippen LogP contribution >= 0.6 is 0 Å². The van der Waals surface area contributed by atoms with Crippen LogP contribution in [0.4, 0.5) is 0 Å². The summed E-state index contributed by atoms with van der Waals surface area (Å²) in [6.07, 6.45) is 2.76. The van der Waals surface area contributed by atoms with Crippen LogP contribution in [0, 0.1) is 0 Å². The zero-order valence-corrected chi connectivity index (χ0v) is 17.0. The number of likely N-dealkylation sites (N-methyl/N-ethyl adjacent to an activating group) is 1. The molecule has 0 spiro atoms. The fourth-order valence-corrected chi connectivity index (χ4v) is 4.74. The van der Waals surface area contributed by atoms with E-state index in [9.17, 15) is 0 Å². The summed E-state index contributed by atoms with van der Waals surface area (Å²) in [7, 11) is 0. The Morgan fingerprint density at radius 2 is 1.20 bits per heavy atom. The summed E-state index contributed by atoms with van der Waals surface area (Å²) in [5.74, 6) is 0. The SMILES string of the molecule is CCN1CCN(C2CCN(CCN3CCN(C(C)C)CC3)CC2)CC1. The van der Waals surface area contributed by atoms with Crippen LogP contribution in [0.5, 0.6) is 0 Å². The maximum absolute atomic E-state index is 2.77. The van der Waals surface area contributed by atoms with E-state index in [4.69, 9.17) is 0 Å². The second-order valence-corrected chi connectivity index (χ2v) is 8.51. The lowest BCUT2D eigenvalue weighted by atomic mass is 10.0. The van der Waals surface area contributed by atoms with Crippen LogP contribution in [-0.2, 0) is 0 Å². The number of hydrogen-bond acceptors (Lipinski definition) is 5. The average Bonchev–Trinajstić information content (AvgIpc) is 2.67. The number of likely N-dealkylation sites (tertiary alicyclic amines) is 1. The highest BCUT2D eigenvalue weighted by Gasteiger charge is 2.27. The second-order valence-electron chi connectivity index (χ2n) is 8.51. The van der Waals surface area contributed by atoms with Gasteiger partial charge < -0.3 is 9.80 Å². The molecule has 0 N–H and O–H groups in total. The summed E-state index contributed by atoms with van der Waals surface area (Å²) in [6.45, 7) is 23.5. The molecule has 146 valence electrons. The summed E-state index contributed by atoms with van der Waals surface area (Å²) in [5, 5.41) is 0. The van der Waals surface area contributed by atoms with Crippen LogP contribution < -0.4 is 0 Å². The van der Waals surface area contributed by atoms with Crippen molar-refractivity contribution in [2.24, 2.45) is 0 Å². The summed E-state index contributed by atoms with van der Waals surface area (Å²) >= 11 is 0. The molecule has 3 saturated heterocycles. The molecule has 0 aliphatic carbocycles. The van der Waals surface area contributed by atoms with E-state index in [2.05, 4.69) is 45.3 Å². The molecule has 0 aromatic heterocycles. The van der Waals surface area contributed by atoms with E-state index in [-0.39, 0.29) is 0 Å². The van der Waals surface area contributed by atoms with Gasteiger partial charge in [-0.05, 0) is 46.3 Å². The Morgan fingerprint density at radius 1 is 0.680 bits per heavy atom. The zero-order chi connectivity index (χ0) is 17.6. The lowest BCUT2D eigenvalue weighted by Crippen LogP contribution is -2.54. The first-order valence-corrected chi connectivity index (χ1v) is 10.8. The van der Waals surface area contributed by atoms with Gasteiger partial charge in [0.25, 0.3) is 0 Å². The first-order chi connectivity index (χ1) is 12.2. The molecular weight excluding hydrogens is 310 g/mol. The van der Waals surface area contributed by atoms with Gasteiger partial charge in [0.15, 0.2) is 0 Å². The Balaban J connectivity index is 1.30. The van der Waals surface area contributed by atoms with Gasteiger partial charge >= 0.3 is 0 Å². The van der Waals surface area contributed by atoms with Crippen molar-refractivity contribution in [2.45, 2.75) is 45.7 Å². The van der Waals surface area contributed by atoms with Gasteiger partial charge in [0, 0.05) is 77.5 Å². The Bertz CT molecular complexity index is 364. The van der Waals surface area contributed by atoms with Crippen molar-refractivity contribution >= 4 is 0 Å². The Kier molecular flexibility index (Phi) is 7.55. The molecule has 0 amide bonds. The van der Waals surface area contributed by atoms with Gasteiger partial charge in [0.2, 0.25) is 0 Å². The van der Waals surface area contributed by atoms with Crippen molar-refractivity contribution in [3.05, 3.63) is 0 Å². The topological polar surface area (TPSA) is 16.2 Å². The molecule has 0 aromatic carbocycles. The number of piperazine rings is 2. The Morgan fingerprint density at radius 3 is 1.72 bits per heavy atom. The number of hydrogen-bond donors (Lipinski definition) is 0. The van der Waals surface area contributed by atoms with Crippen molar-refractivity contribution in [3.63, 3.8) is 0 Å². The molecule has 0 bridgehead atoms. The van der Waals surface area contributed by atoms with Crippen molar-refractivity contribution in [2.75, 3.05) is 85.1 Å². The quantitative estimate of drug-likeness (QED) is 0.711. The minimum Gasteiger partial charge on any atom is -0.302 e. The van der Waals surface area contributed by atoms with Gasteiger partial charge in [-0.2, -0.15) is 0 Å². The van der Waals surface area contributed by atoms with Gasteiger partial charge in [-0.15, -0.1) is 0 Å². The molecule has 0 atom stereocenters. The fraction of sp³-hybridized carbons (Fsp3) is 1.00. The van der Waals surface area contributed by atoms with Crippen molar-refractivity contribution in [3.8, 4) is 0 Å². The fourth-order valence-electron chi connectivity index (χ4n) is 4.74. The largest absolute Gasteiger partial charge is 0.302 e. The van der Waals surface area contributed by atoms with E-state index in [1.165, 1.54) is 97.9 Å². The van der Waals surface area contributed by atoms with Crippen LogP contribution in [0.3, 0.4) is 0 Å². The van der Waals surface area contributed by atoms with Crippen molar-refractivity contribution < 1.29 is 0 Å². The van der Waals surface area contributed by atoms with E-state index in [0.717, 1.165) is 6.04 Å². The van der Waals surface area contributed by atoms with E-state index < -0.39 is 0 Å². The molecule has 0 radical (unpaired) electrons. The maximum atomic E-state index is 2.77. The standard InChI is InChI=1S/C20H41N5/c1-4-21-11-17-25(18-12-21)20-5-7-22(8-6-20)9-10-23-13-15-24(16-14-23)19(2)3/h19-20H,4-18H2,1-3H3. The van der Waals surface area contributed by atoms with E-state index in [1.54, 1.807) is 0 Å². The molecule has 0 saturated carbocycles. The molecule has 3 aliphatic rings. The van der Waals surface area contributed by atoms with Crippen LogP contribution in [0.15, 0.2) is 0 Å². The van der Waals surface area contributed by atoms with Gasteiger partial charge in [-0.3, -0.25) is 14.7 Å². The Labute approximate surface area is 155 Å². The first kappa shape index (κ1) is 19.6. The second kappa shape index (κ2) is 9.65. The summed E-state index contributed by atoms with van der Waals surface area (Å²) in [6, 6.07) is 1.56. The number of nitrogens with zero attached hydrogens (tertiary/aromatic N) is 5. The third-order valence-electron chi connectivity index (χ3n) is 6.80. The Hall–Kier alpha value is -0.200. The van der Waals surface area contributed by atoms with Gasteiger partial charge in [0.1, 0.15) is 0 Å². The molecule has 3 heterocycles. The first-order valence-electron chi connectivity index (χ1n) is 10.8. The smallest absolute Gasteiger partial charge is 0.0121 e. The molecular formula is C20H41N5. The molecule has 3 rings (SSSR count). The van der Waals surface area contributed by atoms with Crippen LogP contribution in [0.2, 0.25) is 0 Å². The molecule has 3 aliphatic heterocycles.